The molecule has 0 bridgehead atoms. The van der Waals surface area contributed by atoms with E-state index < -0.39 is 0 Å². The molecule has 0 fully saturated rings. The lowest BCUT2D eigenvalue weighted by Gasteiger charge is -2.07. The van der Waals surface area contributed by atoms with E-state index >= 15 is 0 Å². The van der Waals surface area contributed by atoms with E-state index in [9.17, 15) is 4.79 Å². The molecule has 0 radical (unpaired) electrons. The van der Waals surface area contributed by atoms with Crippen molar-refractivity contribution < 1.29 is 9.53 Å². The molecule has 98 valence electrons. The molecule has 0 unspecified atom stereocenters. The number of carbonyl (C=O) groups excluding carboxylic acids is 1. The van der Waals surface area contributed by atoms with Crippen LogP contribution in [0.15, 0.2) is 41.1 Å². The Morgan fingerprint density at radius 3 is 2.68 bits per heavy atom. The third kappa shape index (κ3) is 3.64. The number of benzene rings is 1. The predicted molar refractivity (Wildman–Crippen MR) is 77.7 cm³/mol. The molecule has 19 heavy (non-hydrogen) atoms. The number of aromatic nitrogens is 1. The van der Waals surface area contributed by atoms with Gasteiger partial charge in [-0.2, -0.15) is 0 Å². The predicted octanol–water partition coefficient (Wildman–Crippen LogP) is 3.72. The van der Waals surface area contributed by atoms with Crippen LogP contribution in [0.1, 0.15) is 21.5 Å². The van der Waals surface area contributed by atoms with Crippen LogP contribution in [0.5, 0.6) is 5.75 Å². The van der Waals surface area contributed by atoms with Crippen molar-refractivity contribution >= 4 is 21.7 Å². The Morgan fingerprint density at radius 1 is 1.21 bits per heavy atom. The summed E-state index contributed by atoms with van der Waals surface area (Å²) in [6.45, 7) is 4.03. The molecule has 0 saturated carbocycles. The number of aryl methyl sites for hydroxylation is 2. The van der Waals surface area contributed by atoms with E-state index in [1.165, 1.54) is 5.56 Å². The molecule has 3 nitrogen and oxygen atoms in total. The van der Waals surface area contributed by atoms with Crippen molar-refractivity contribution in [1.82, 2.24) is 4.98 Å². The van der Waals surface area contributed by atoms with Crippen molar-refractivity contribution in [2.24, 2.45) is 0 Å². The number of carbonyl (C=O) groups is 1. The van der Waals surface area contributed by atoms with Gasteiger partial charge in [0.25, 0.3) is 0 Å². The maximum atomic E-state index is 12.0. The van der Waals surface area contributed by atoms with E-state index in [1.54, 1.807) is 18.5 Å². The Bertz CT molecular complexity index is 611. The molecule has 4 heteroatoms. The third-order valence-corrected chi connectivity index (χ3v) is 3.31. The standard InChI is InChI=1S/C15H14BrNO2/c1-10-3-4-12(5-11(10)2)15(18)9-19-14-6-13(16)7-17-8-14/h3-8H,9H2,1-2H3. The Labute approximate surface area is 120 Å². The number of halogens is 1. The van der Waals surface area contributed by atoms with Gasteiger partial charge in [0.15, 0.2) is 12.4 Å². The lowest BCUT2D eigenvalue weighted by molar-refractivity contribution is 0.0921. The van der Waals surface area contributed by atoms with E-state index in [2.05, 4.69) is 20.9 Å². The zero-order chi connectivity index (χ0) is 13.8. The Morgan fingerprint density at radius 2 is 2.00 bits per heavy atom. The molecule has 0 amide bonds. The molecule has 1 aromatic heterocycles. The van der Waals surface area contributed by atoms with Crippen molar-refractivity contribution in [3.05, 3.63) is 57.8 Å². The van der Waals surface area contributed by atoms with E-state index in [0.29, 0.717) is 11.3 Å². The molecule has 0 saturated heterocycles. The molecular formula is C15H14BrNO2. The number of pyridine rings is 1. The minimum Gasteiger partial charge on any atom is -0.484 e. The Kier molecular flexibility index (Phi) is 4.32. The van der Waals surface area contributed by atoms with Crippen LogP contribution in [0.3, 0.4) is 0 Å². The molecule has 0 aliphatic rings. The molecule has 2 aromatic rings. The number of nitrogens with zero attached hydrogens (tertiary/aromatic N) is 1. The van der Waals surface area contributed by atoms with Crippen molar-refractivity contribution in [3.8, 4) is 5.75 Å². The molecule has 2 rings (SSSR count). The highest BCUT2D eigenvalue weighted by Gasteiger charge is 2.08. The molecule has 0 aliphatic carbocycles. The van der Waals surface area contributed by atoms with Gasteiger partial charge < -0.3 is 4.74 Å². The first-order valence-electron chi connectivity index (χ1n) is 5.90. The molecule has 0 N–H and O–H groups in total. The summed E-state index contributed by atoms with van der Waals surface area (Å²) in [5.41, 5.74) is 2.95. The zero-order valence-electron chi connectivity index (χ0n) is 10.8. The Balaban J connectivity index is 2.03. The average Bonchev–Trinajstić information content (AvgIpc) is 2.39. The molecular weight excluding hydrogens is 306 g/mol. The molecule has 1 heterocycles. The quantitative estimate of drug-likeness (QED) is 0.806. The summed E-state index contributed by atoms with van der Waals surface area (Å²) in [7, 11) is 0. The topological polar surface area (TPSA) is 39.2 Å². The van der Waals surface area contributed by atoms with E-state index in [-0.39, 0.29) is 12.4 Å². The largest absolute Gasteiger partial charge is 0.484 e. The number of rotatable bonds is 4. The molecule has 1 aromatic carbocycles. The summed E-state index contributed by atoms with van der Waals surface area (Å²) >= 11 is 3.30. The molecule has 0 spiro atoms. The normalized spacial score (nSPS) is 10.3. The summed E-state index contributed by atoms with van der Waals surface area (Å²) in [6, 6.07) is 7.44. The van der Waals surface area contributed by atoms with Crippen LogP contribution < -0.4 is 4.74 Å². The second kappa shape index (κ2) is 5.97. The lowest BCUT2D eigenvalue weighted by atomic mass is 10.0. The van der Waals surface area contributed by atoms with Crippen molar-refractivity contribution in [3.63, 3.8) is 0 Å². The van der Waals surface area contributed by atoms with Crippen LogP contribution in [-0.4, -0.2) is 17.4 Å². The second-order valence-electron chi connectivity index (χ2n) is 4.35. The average molecular weight is 320 g/mol. The fourth-order valence-corrected chi connectivity index (χ4v) is 1.96. The van der Waals surface area contributed by atoms with E-state index in [0.717, 1.165) is 10.0 Å². The van der Waals surface area contributed by atoms with Crippen LogP contribution >= 0.6 is 15.9 Å². The highest BCUT2D eigenvalue weighted by molar-refractivity contribution is 9.10. The number of hydrogen-bond acceptors (Lipinski definition) is 3. The highest BCUT2D eigenvalue weighted by Crippen LogP contribution is 2.16. The van der Waals surface area contributed by atoms with E-state index in [4.69, 9.17) is 4.74 Å². The van der Waals surface area contributed by atoms with Gasteiger partial charge in [-0.15, -0.1) is 0 Å². The van der Waals surface area contributed by atoms with Crippen LogP contribution in [0.25, 0.3) is 0 Å². The van der Waals surface area contributed by atoms with Gasteiger partial charge in [-0.3, -0.25) is 9.78 Å². The van der Waals surface area contributed by atoms with Crippen LogP contribution in [0, 0.1) is 13.8 Å². The fraction of sp³-hybridized carbons (Fsp3) is 0.200. The minimum atomic E-state index is -0.0388. The highest BCUT2D eigenvalue weighted by atomic mass is 79.9. The summed E-state index contributed by atoms with van der Waals surface area (Å²) in [6.07, 6.45) is 3.25. The summed E-state index contributed by atoms with van der Waals surface area (Å²) < 4.78 is 6.25. The van der Waals surface area contributed by atoms with Gasteiger partial charge in [0.1, 0.15) is 5.75 Å². The summed E-state index contributed by atoms with van der Waals surface area (Å²) in [5, 5.41) is 0. The smallest absolute Gasteiger partial charge is 0.200 e. The minimum absolute atomic E-state index is 0.0145. The van der Waals surface area contributed by atoms with Crippen molar-refractivity contribution in [2.45, 2.75) is 13.8 Å². The monoisotopic (exact) mass is 319 g/mol. The van der Waals surface area contributed by atoms with Gasteiger partial charge in [0.05, 0.1) is 6.20 Å². The summed E-state index contributed by atoms with van der Waals surface area (Å²) in [4.78, 5) is 16.0. The van der Waals surface area contributed by atoms with Gasteiger partial charge in [-0.05, 0) is 53.0 Å². The second-order valence-corrected chi connectivity index (χ2v) is 5.27. The van der Waals surface area contributed by atoms with Crippen molar-refractivity contribution in [2.75, 3.05) is 6.61 Å². The Hall–Kier alpha value is -1.68. The van der Waals surface area contributed by atoms with Gasteiger partial charge in [-0.25, -0.2) is 0 Å². The van der Waals surface area contributed by atoms with Gasteiger partial charge in [0.2, 0.25) is 0 Å². The van der Waals surface area contributed by atoms with Gasteiger partial charge in [0, 0.05) is 16.2 Å². The van der Waals surface area contributed by atoms with Crippen LogP contribution in [0.4, 0.5) is 0 Å². The fourth-order valence-electron chi connectivity index (χ4n) is 1.62. The number of hydrogen-bond donors (Lipinski definition) is 0. The van der Waals surface area contributed by atoms with Crippen LogP contribution in [0.2, 0.25) is 0 Å². The lowest BCUT2D eigenvalue weighted by Crippen LogP contribution is -2.12. The first-order chi connectivity index (χ1) is 9.06. The summed E-state index contributed by atoms with van der Waals surface area (Å²) in [5.74, 6) is 0.537. The number of Topliss-reactive ketones (excluding diaryl/α,β-unsaturated/α-hetero) is 1. The SMILES string of the molecule is Cc1ccc(C(=O)COc2cncc(Br)c2)cc1C. The first kappa shape index (κ1) is 13.7. The number of ketones is 1. The van der Waals surface area contributed by atoms with Gasteiger partial charge >= 0.3 is 0 Å². The first-order valence-corrected chi connectivity index (χ1v) is 6.69. The maximum Gasteiger partial charge on any atom is 0.200 e. The molecule has 0 aliphatic heterocycles. The van der Waals surface area contributed by atoms with Crippen LogP contribution in [-0.2, 0) is 0 Å². The third-order valence-electron chi connectivity index (χ3n) is 2.88. The molecule has 0 atom stereocenters. The van der Waals surface area contributed by atoms with E-state index in [1.807, 2.05) is 32.0 Å². The van der Waals surface area contributed by atoms with Crippen molar-refractivity contribution in [1.29, 1.82) is 0 Å². The number of ether oxygens (including phenoxy) is 1. The maximum absolute atomic E-state index is 12.0. The van der Waals surface area contributed by atoms with Gasteiger partial charge in [-0.1, -0.05) is 12.1 Å². The zero-order valence-corrected chi connectivity index (χ0v) is 12.4.